The molecule has 0 aliphatic heterocycles. The molecule has 2 N–H and O–H groups in total. The van der Waals surface area contributed by atoms with E-state index in [1.807, 2.05) is 31.2 Å². The molecule has 0 atom stereocenters. The van der Waals surface area contributed by atoms with Crippen LogP contribution in [0.15, 0.2) is 71.6 Å². The lowest BCUT2D eigenvalue weighted by Gasteiger charge is -2.13. The van der Waals surface area contributed by atoms with Gasteiger partial charge in [0.2, 0.25) is 10.0 Å². The van der Waals surface area contributed by atoms with Crippen LogP contribution in [-0.2, 0) is 23.1 Å². The van der Waals surface area contributed by atoms with Gasteiger partial charge < -0.3 is 10.1 Å². The van der Waals surface area contributed by atoms with Gasteiger partial charge in [-0.1, -0.05) is 53.6 Å². The van der Waals surface area contributed by atoms with E-state index >= 15 is 0 Å². The predicted octanol–water partition coefficient (Wildman–Crippen LogP) is 4.07. The van der Waals surface area contributed by atoms with Crippen LogP contribution >= 0.6 is 11.6 Å². The predicted molar refractivity (Wildman–Crippen MR) is 121 cm³/mol. The van der Waals surface area contributed by atoms with Crippen molar-refractivity contribution in [1.82, 2.24) is 10.0 Å². The van der Waals surface area contributed by atoms with Gasteiger partial charge in [0.1, 0.15) is 10.6 Å². The second-order valence-corrected chi connectivity index (χ2v) is 9.16. The van der Waals surface area contributed by atoms with Crippen molar-refractivity contribution in [3.05, 3.63) is 94.0 Å². The van der Waals surface area contributed by atoms with Crippen LogP contribution in [0.1, 0.15) is 27.0 Å². The first-order valence-corrected chi connectivity index (χ1v) is 11.4. The maximum atomic E-state index is 12.9. The maximum absolute atomic E-state index is 12.9. The lowest BCUT2D eigenvalue weighted by atomic mass is 10.1. The average Bonchev–Trinajstić information content (AvgIpc) is 2.77. The Bertz CT molecular complexity index is 1160. The average molecular weight is 459 g/mol. The number of ether oxygens (including phenoxy) is 1. The van der Waals surface area contributed by atoms with Crippen LogP contribution in [0.3, 0.4) is 0 Å². The first-order valence-electron chi connectivity index (χ1n) is 9.54. The second-order valence-electron chi connectivity index (χ2n) is 6.98. The highest BCUT2D eigenvalue weighted by Crippen LogP contribution is 2.25. The first kappa shape index (κ1) is 22.8. The van der Waals surface area contributed by atoms with Gasteiger partial charge in [0.15, 0.2) is 0 Å². The minimum absolute atomic E-state index is 0.0759. The lowest BCUT2D eigenvalue weighted by molar-refractivity contribution is 0.0950. The highest BCUT2D eigenvalue weighted by atomic mass is 35.5. The van der Waals surface area contributed by atoms with Crippen LogP contribution in [0.5, 0.6) is 5.75 Å². The van der Waals surface area contributed by atoms with E-state index in [9.17, 15) is 13.2 Å². The molecule has 6 nitrogen and oxygen atoms in total. The summed E-state index contributed by atoms with van der Waals surface area (Å²) in [6.07, 6.45) is 0. The van der Waals surface area contributed by atoms with E-state index in [2.05, 4.69) is 10.0 Å². The molecule has 0 aromatic heterocycles. The Kier molecular flexibility index (Phi) is 7.33. The van der Waals surface area contributed by atoms with Gasteiger partial charge in [-0.2, -0.15) is 0 Å². The van der Waals surface area contributed by atoms with Crippen LogP contribution in [0.25, 0.3) is 0 Å². The van der Waals surface area contributed by atoms with Crippen LogP contribution in [-0.4, -0.2) is 21.4 Å². The molecule has 3 aromatic carbocycles. The zero-order chi connectivity index (χ0) is 22.4. The Morgan fingerprint density at radius 3 is 2.19 bits per heavy atom. The zero-order valence-electron chi connectivity index (χ0n) is 17.2. The quantitative estimate of drug-likeness (QED) is 0.533. The summed E-state index contributed by atoms with van der Waals surface area (Å²) in [6.45, 7) is 2.40. The van der Waals surface area contributed by atoms with E-state index in [1.54, 1.807) is 24.3 Å². The van der Waals surface area contributed by atoms with Gasteiger partial charge in [-0.25, -0.2) is 13.1 Å². The third-order valence-corrected chi connectivity index (χ3v) is 6.34. The Morgan fingerprint density at radius 2 is 1.55 bits per heavy atom. The summed E-state index contributed by atoms with van der Waals surface area (Å²) >= 11 is 5.86. The normalized spacial score (nSPS) is 11.2. The van der Waals surface area contributed by atoms with Crippen molar-refractivity contribution in [3.8, 4) is 5.75 Å². The fourth-order valence-corrected chi connectivity index (χ4v) is 4.21. The summed E-state index contributed by atoms with van der Waals surface area (Å²) in [6, 6.07) is 18.9. The molecule has 0 aliphatic rings. The summed E-state index contributed by atoms with van der Waals surface area (Å²) in [5, 5.41) is 3.37. The number of halogens is 1. The number of hydrogen-bond acceptors (Lipinski definition) is 4. The minimum Gasteiger partial charge on any atom is -0.495 e. The molecule has 8 heteroatoms. The van der Waals surface area contributed by atoms with Gasteiger partial charge in [-0.15, -0.1) is 0 Å². The van der Waals surface area contributed by atoms with E-state index in [-0.39, 0.29) is 28.7 Å². The third kappa shape index (κ3) is 6.07. The first-order chi connectivity index (χ1) is 14.8. The van der Waals surface area contributed by atoms with Crippen LogP contribution in [0, 0.1) is 6.92 Å². The number of aryl methyl sites for hydroxylation is 1. The molecule has 0 spiro atoms. The van der Waals surface area contributed by atoms with Gasteiger partial charge in [-0.05, 0) is 48.4 Å². The fourth-order valence-electron chi connectivity index (χ4n) is 2.88. The molecule has 162 valence electrons. The number of hydrogen-bond donors (Lipinski definition) is 2. The molecule has 1 amide bonds. The topological polar surface area (TPSA) is 84.5 Å². The lowest BCUT2D eigenvalue weighted by Crippen LogP contribution is -2.26. The summed E-state index contributed by atoms with van der Waals surface area (Å²) in [5.74, 6) is -0.226. The van der Waals surface area contributed by atoms with Crippen molar-refractivity contribution >= 4 is 27.5 Å². The number of amides is 1. The number of nitrogens with one attached hydrogen (secondary N) is 2. The molecule has 0 saturated heterocycles. The van der Waals surface area contributed by atoms with Gasteiger partial charge in [-0.3, -0.25) is 4.79 Å². The van der Waals surface area contributed by atoms with Gasteiger partial charge in [0, 0.05) is 23.7 Å². The van der Waals surface area contributed by atoms with Crippen LogP contribution in [0.4, 0.5) is 0 Å². The summed E-state index contributed by atoms with van der Waals surface area (Å²) in [4.78, 5) is 12.5. The molecular formula is C23H23ClN2O4S. The SMILES string of the molecule is COc1ccc(C(=O)NCc2ccc(C)cc2)cc1S(=O)(=O)NCc1ccc(Cl)cc1. The molecule has 0 bridgehead atoms. The van der Waals surface area contributed by atoms with E-state index in [0.717, 1.165) is 16.7 Å². The monoisotopic (exact) mass is 458 g/mol. The Hall–Kier alpha value is -2.87. The highest BCUT2D eigenvalue weighted by molar-refractivity contribution is 7.89. The standard InChI is InChI=1S/C23H23ClN2O4S/c1-16-3-5-17(6-4-16)14-25-23(27)19-9-12-21(30-2)22(13-19)31(28,29)26-15-18-7-10-20(24)11-8-18/h3-13,26H,14-15H2,1-2H3,(H,25,27). The Labute approximate surface area is 187 Å². The summed E-state index contributed by atoms with van der Waals surface area (Å²) < 4.78 is 33.5. The largest absolute Gasteiger partial charge is 0.495 e. The Morgan fingerprint density at radius 1 is 0.935 bits per heavy atom. The molecule has 0 heterocycles. The number of benzene rings is 3. The number of methoxy groups -OCH3 is 1. The van der Waals surface area contributed by atoms with E-state index in [4.69, 9.17) is 16.3 Å². The molecule has 0 saturated carbocycles. The van der Waals surface area contributed by atoms with Crippen molar-refractivity contribution in [1.29, 1.82) is 0 Å². The minimum atomic E-state index is -3.93. The van der Waals surface area contributed by atoms with Crippen molar-refractivity contribution in [2.45, 2.75) is 24.9 Å². The van der Waals surface area contributed by atoms with E-state index < -0.39 is 10.0 Å². The zero-order valence-corrected chi connectivity index (χ0v) is 18.8. The van der Waals surface area contributed by atoms with Crippen LogP contribution in [0.2, 0.25) is 5.02 Å². The van der Waals surface area contributed by atoms with Crippen molar-refractivity contribution in [3.63, 3.8) is 0 Å². The molecular weight excluding hydrogens is 436 g/mol. The van der Waals surface area contributed by atoms with Crippen molar-refractivity contribution in [2.75, 3.05) is 7.11 Å². The van der Waals surface area contributed by atoms with Crippen LogP contribution < -0.4 is 14.8 Å². The van der Waals surface area contributed by atoms with Gasteiger partial charge >= 0.3 is 0 Å². The molecule has 0 unspecified atom stereocenters. The third-order valence-electron chi connectivity index (χ3n) is 4.67. The summed E-state index contributed by atoms with van der Waals surface area (Å²) in [7, 11) is -2.55. The maximum Gasteiger partial charge on any atom is 0.251 e. The molecule has 0 radical (unpaired) electrons. The molecule has 3 rings (SSSR count). The highest BCUT2D eigenvalue weighted by Gasteiger charge is 2.21. The van der Waals surface area contributed by atoms with Crippen molar-refractivity contribution < 1.29 is 17.9 Å². The van der Waals surface area contributed by atoms with Gasteiger partial charge in [0.05, 0.1) is 7.11 Å². The summed E-state index contributed by atoms with van der Waals surface area (Å²) in [5.41, 5.74) is 3.05. The number of sulfonamides is 1. The number of carbonyl (C=O) groups excluding carboxylic acids is 1. The fraction of sp³-hybridized carbons (Fsp3) is 0.174. The smallest absolute Gasteiger partial charge is 0.251 e. The molecule has 3 aromatic rings. The molecule has 31 heavy (non-hydrogen) atoms. The number of rotatable bonds is 8. The second kappa shape index (κ2) is 9.96. The molecule has 0 aliphatic carbocycles. The van der Waals surface area contributed by atoms with Gasteiger partial charge in [0.25, 0.3) is 5.91 Å². The van der Waals surface area contributed by atoms with Crippen molar-refractivity contribution in [2.24, 2.45) is 0 Å². The Balaban J connectivity index is 1.76. The number of carbonyl (C=O) groups is 1. The van der Waals surface area contributed by atoms with E-state index in [1.165, 1.54) is 25.3 Å². The molecule has 0 fully saturated rings. The van der Waals surface area contributed by atoms with E-state index in [0.29, 0.717) is 11.6 Å².